The van der Waals surface area contributed by atoms with Crippen molar-refractivity contribution in [2.24, 2.45) is 0 Å². The van der Waals surface area contributed by atoms with Crippen LogP contribution in [0.1, 0.15) is 26.7 Å². The maximum Gasteiger partial charge on any atom is 0.330 e. The van der Waals surface area contributed by atoms with Crippen LogP contribution in [0.3, 0.4) is 0 Å². The molecule has 1 rings (SSSR count). The van der Waals surface area contributed by atoms with Crippen LogP contribution in [-0.4, -0.2) is 25.2 Å². The lowest BCUT2D eigenvalue weighted by Gasteiger charge is -2.09. The second-order valence-corrected chi connectivity index (χ2v) is 3.29. The smallest absolute Gasteiger partial charge is 0.330 e. The highest BCUT2D eigenvalue weighted by molar-refractivity contribution is 5.82. The quantitative estimate of drug-likeness (QED) is 0.528. The van der Waals surface area contributed by atoms with Crippen LogP contribution >= 0.6 is 0 Å². The normalized spacial score (nSPS) is 23.2. The van der Waals surface area contributed by atoms with Crippen molar-refractivity contribution in [2.45, 2.75) is 32.7 Å². The Morgan fingerprint density at radius 2 is 2.46 bits per heavy atom. The van der Waals surface area contributed by atoms with Gasteiger partial charge < -0.3 is 10.1 Å². The van der Waals surface area contributed by atoms with Crippen molar-refractivity contribution in [3.8, 4) is 0 Å². The first-order valence-electron chi connectivity index (χ1n) is 4.82. The molecule has 1 aliphatic heterocycles. The molecule has 1 fully saturated rings. The molecule has 13 heavy (non-hydrogen) atoms. The Bertz CT molecular complexity index is 205. The maximum absolute atomic E-state index is 11.1. The molecule has 0 bridgehead atoms. The van der Waals surface area contributed by atoms with E-state index in [0.29, 0.717) is 12.6 Å². The lowest BCUT2D eigenvalue weighted by Crippen LogP contribution is -2.23. The summed E-state index contributed by atoms with van der Waals surface area (Å²) in [7, 11) is 0. The molecule has 1 aliphatic rings. The average molecular weight is 183 g/mol. The summed E-state index contributed by atoms with van der Waals surface area (Å²) in [6, 6.07) is 0.379. The molecule has 1 heterocycles. The zero-order valence-corrected chi connectivity index (χ0v) is 8.30. The molecule has 0 aromatic rings. The summed E-state index contributed by atoms with van der Waals surface area (Å²) in [5, 5.41) is 3.33. The Balaban J connectivity index is 2.44. The van der Waals surface area contributed by atoms with Crippen molar-refractivity contribution in [2.75, 3.05) is 13.2 Å². The van der Waals surface area contributed by atoms with Gasteiger partial charge in [-0.15, -0.1) is 0 Å². The summed E-state index contributed by atoms with van der Waals surface area (Å²) >= 11 is 0. The summed E-state index contributed by atoms with van der Waals surface area (Å²) in [5.74, 6) is -0.228. The molecule has 1 unspecified atom stereocenters. The van der Waals surface area contributed by atoms with E-state index in [2.05, 4.69) is 5.32 Å². The van der Waals surface area contributed by atoms with E-state index in [0.717, 1.165) is 18.5 Å². The van der Waals surface area contributed by atoms with Gasteiger partial charge in [0.25, 0.3) is 0 Å². The van der Waals surface area contributed by atoms with Crippen molar-refractivity contribution in [1.29, 1.82) is 0 Å². The zero-order valence-electron chi connectivity index (χ0n) is 8.30. The van der Waals surface area contributed by atoms with Crippen LogP contribution in [0.2, 0.25) is 0 Å². The van der Waals surface area contributed by atoms with Gasteiger partial charge in [-0.05, 0) is 38.8 Å². The summed E-state index contributed by atoms with van der Waals surface area (Å²) < 4.78 is 4.83. The number of nitrogens with one attached hydrogen (secondary N) is 1. The number of hydrogen-bond acceptors (Lipinski definition) is 3. The molecule has 0 aromatic heterocycles. The van der Waals surface area contributed by atoms with Crippen LogP contribution in [0.25, 0.3) is 0 Å². The highest BCUT2D eigenvalue weighted by Crippen LogP contribution is 2.13. The Hall–Kier alpha value is -0.830. The van der Waals surface area contributed by atoms with Gasteiger partial charge >= 0.3 is 5.97 Å². The molecule has 3 nitrogen and oxygen atoms in total. The van der Waals surface area contributed by atoms with E-state index < -0.39 is 0 Å². The van der Waals surface area contributed by atoms with E-state index in [4.69, 9.17) is 4.74 Å². The molecule has 3 heteroatoms. The zero-order chi connectivity index (χ0) is 9.68. The van der Waals surface area contributed by atoms with Gasteiger partial charge in [0, 0.05) is 12.1 Å². The molecule has 0 amide bonds. The minimum Gasteiger partial charge on any atom is -0.463 e. The molecule has 1 atom stereocenters. The first kappa shape index (κ1) is 10.3. The molecule has 0 saturated carbocycles. The van der Waals surface area contributed by atoms with Gasteiger partial charge in [-0.2, -0.15) is 0 Å². The number of carbonyl (C=O) groups is 1. The second-order valence-electron chi connectivity index (χ2n) is 3.29. The number of carbonyl (C=O) groups excluding carboxylic acids is 1. The predicted octanol–water partition coefficient (Wildman–Crippen LogP) is 1.25. The van der Waals surface area contributed by atoms with Gasteiger partial charge in [0.05, 0.1) is 6.61 Å². The van der Waals surface area contributed by atoms with Gasteiger partial charge in [-0.25, -0.2) is 4.79 Å². The third kappa shape index (κ3) is 3.19. The summed E-state index contributed by atoms with van der Waals surface area (Å²) in [6.45, 7) is 5.29. The maximum atomic E-state index is 11.1. The summed E-state index contributed by atoms with van der Waals surface area (Å²) in [6.07, 6.45) is 3.91. The van der Waals surface area contributed by atoms with Crippen LogP contribution in [0.4, 0.5) is 0 Å². The number of hydrogen-bond donors (Lipinski definition) is 1. The molecule has 1 saturated heterocycles. The molecule has 0 aromatic carbocycles. The highest BCUT2D eigenvalue weighted by Gasteiger charge is 2.16. The Morgan fingerprint density at radius 1 is 1.69 bits per heavy atom. The molecule has 74 valence electrons. The Morgan fingerprint density at radius 3 is 3.00 bits per heavy atom. The van der Waals surface area contributed by atoms with Crippen LogP contribution in [0, 0.1) is 0 Å². The van der Waals surface area contributed by atoms with Crippen molar-refractivity contribution in [3.05, 3.63) is 11.6 Å². The number of rotatable bonds is 3. The number of ether oxygens (including phenoxy) is 1. The van der Waals surface area contributed by atoms with Gasteiger partial charge in [-0.1, -0.05) is 0 Å². The number of esters is 1. The average Bonchev–Trinajstić information content (AvgIpc) is 2.55. The third-order valence-corrected chi connectivity index (χ3v) is 2.24. The molecular weight excluding hydrogens is 166 g/mol. The van der Waals surface area contributed by atoms with Gasteiger partial charge in [-0.3, -0.25) is 0 Å². The summed E-state index contributed by atoms with van der Waals surface area (Å²) in [5.41, 5.74) is 1.08. The van der Waals surface area contributed by atoms with Gasteiger partial charge in [0.1, 0.15) is 0 Å². The topological polar surface area (TPSA) is 38.3 Å². The van der Waals surface area contributed by atoms with Gasteiger partial charge in [0.15, 0.2) is 0 Å². The van der Waals surface area contributed by atoms with Crippen LogP contribution in [0.5, 0.6) is 0 Å². The molecule has 0 radical (unpaired) electrons. The van der Waals surface area contributed by atoms with Gasteiger partial charge in [0.2, 0.25) is 0 Å². The SMILES string of the molecule is CCOC(=O)C=C(C)C1CCCN1. The minimum absolute atomic E-state index is 0.228. The van der Waals surface area contributed by atoms with Crippen molar-refractivity contribution < 1.29 is 9.53 Å². The van der Waals surface area contributed by atoms with Crippen LogP contribution in [0.15, 0.2) is 11.6 Å². The van der Waals surface area contributed by atoms with E-state index >= 15 is 0 Å². The predicted molar refractivity (Wildman–Crippen MR) is 51.4 cm³/mol. The fourth-order valence-corrected chi connectivity index (χ4v) is 1.54. The standard InChI is InChI=1S/C10H17NO2/c1-3-13-10(12)7-8(2)9-5-4-6-11-9/h7,9,11H,3-6H2,1-2H3. The second kappa shape index (κ2) is 5.02. The largest absolute Gasteiger partial charge is 0.463 e. The molecule has 1 N–H and O–H groups in total. The highest BCUT2D eigenvalue weighted by atomic mass is 16.5. The van der Waals surface area contributed by atoms with E-state index in [1.165, 1.54) is 6.42 Å². The van der Waals surface area contributed by atoms with E-state index in [1.807, 2.05) is 13.8 Å². The van der Waals surface area contributed by atoms with Crippen molar-refractivity contribution in [3.63, 3.8) is 0 Å². The Kier molecular flexibility index (Phi) is 3.96. The van der Waals surface area contributed by atoms with Crippen LogP contribution < -0.4 is 5.32 Å². The Labute approximate surface area is 79.2 Å². The van der Waals surface area contributed by atoms with Crippen molar-refractivity contribution >= 4 is 5.97 Å². The van der Waals surface area contributed by atoms with Crippen molar-refractivity contribution in [1.82, 2.24) is 5.32 Å². The molecule has 0 aliphatic carbocycles. The van der Waals surface area contributed by atoms with E-state index in [-0.39, 0.29) is 5.97 Å². The monoisotopic (exact) mass is 183 g/mol. The minimum atomic E-state index is -0.228. The fourth-order valence-electron chi connectivity index (χ4n) is 1.54. The lowest BCUT2D eigenvalue weighted by molar-refractivity contribution is -0.137. The lowest BCUT2D eigenvalue weighted by atomic mass is 10.1. The summed E-state index contributed by atoms with van der Waals surface area (Å²) in [4.78, 5) is 11.1. The molecule has 0 spiro atoms. The first-order chi connectivity index (χ1) is 6.24. The molecular formula is C10H17NO2. The van der Waals surface area contributed by atoms with Crippen LogP contribution in [-0.2, 0) is 9.53 Å². The third-order valence-electron chi connectivity index (χ3n) is 2.24. The fraction of sp³-hybridized carbons (Fsp3) is 0.700. The van der Waals surface area contributed by atoms with E-state index in [1.54, 1.807) is 6.08 Å². The first-order valence-corrected chi connectivity index (χ1v) is 4.82. The van der Waals surface area contributed by atoms with E-state index in [9.17, 15) is 4.79 Å².